The molecule has 0 N–H and O–H groups in total. The van der Waals surface area contributed by atoms with Gasteiger partial charge in [0.05, 0.1) is 28.1 Å². The lowest BCUT2D eigenvalue weighted by Crippen LogP contribution is -2.17. The predicted octanol–water partition coefficient (Wildman–Crippen LogP) is 24.4. The van der Waals surface area contributed by atoms with Crippen LogP contribution >= 0.6 is 0 Å². The fraction of sp³-hybridized carbons (Fsp3) is 0.389. The van der Waals surface area contributed by atoms with Crippen molar-refractivity contribution in [3.8, 4) is 84.9 Å². The van der Waals surface area contributed by atoms with Gasteiger partial charge in [-0.2, -0.15) is 0 Å². The molecule has 8 aromatic carbocycles. The number of fused-ring (bicyclic) bond motifs is 6. The number of hydrogen-bond donors (Lipinski definition) is 0. The molecule has 3 heterocycles. The Bertz CT molecular complexity index is 4590. The summed E-state index contributed by atoms with van der Waals surface area (Å²) in [4.78, 5) is 28.9. The molecule has 96 heavy (non-hydrogen) atoms. The van der Waals surface area contributed by atoms with Crippen LogP contribution in [-0.2, 0) is 48.7 Å². The highest BCUT2D eigenvalue weighted by molar-refractivity contribution is 6.12. The highest BCUT2D eigenvalue weighted by Gasteiger charge is 2.37. The van der Waals surface area contributed by atoms with Crippen LogP contribution in [0.15, 0.2) is 158 Å². The molecule has 0 saturated heterocycles. The lowest BCUT2D eigenvalue weighted by Gasteiger charge is -2.27. The van der Waals surface area contributed by atoms with E-state index in [0.29, 0.717) is 23.3 Å². The summed E-state index contributed by atoms with van der Waals surface area (Å²) in [6, 6.07) is 60.1. The van der Waals surface area contributed by atoms with E-state index in [1.54, 1.807) is 0 Å². The third kappa shape index (κ3) is 12.8. The molecule has 0 spiro atoms. The first kappa shape index (κ1) is 67.6. The van der Waals surface area contributed by atoms with Gasteiger partial charge in [-0.25, -0.2) is 24.9 Å². The van der Waals surface area contributed by atoms with Crippen LogP contribution in [0.3, 0.4) is 0 Å². The van der Waals surface area contributed by atoms with E-state index in [1.807, 2.05) is 0 Å². The maximum Gasteiger partial charge on any atom is 0.166 e. The molecule has 0 amide bonds. The molecule has 0 saturated carbocycles. The fourth-order valence-electron chi connectivity index (χ4n) is 13.6. The van der Waals surface area contributed by atoms with E-state index in [-0.39, 0.29) is 48.7 Å². The molecular weight excluding hydrogens is 1170 g/mol. The monoisotopic (exact) mass is 1270 g/mol. The largest absolute Gasteiger partial charge is 0.308 e. The molecule has 12 rings (SSSR count). The van der Waals surface area contributed by atoms with E-state index in [1.165, 1.54) is 77.5 Å². The Morgan fingerprint density at radius 3 is 1.05 bits per heavy atom. The zero-order chi connectivity index (χ0) is 69.7. The Kier molecular flexibility index (Phi) is 16.1. The molecule has 6 nitrogen and oxygen atoms in total. The molecule has 6 heteroatoms. The quantitative estimate of drug-likeness (QED) is 0.159. The van der Waals surface area contributed by atoms with Crippen molar-refractivity contribution in [3.05, 3.63) is 213 Å². The number of rotatable bonds is 7. The minimum Gasteiger partial charge on any atom is -0.308 e. The molecule has 0 aliphatic heterocycles. The van der Waals surface area contributed by atoms with Crippen molar-refractivity contribution in [2.24, 2.45) is 0 Å². The smallest absolute Gasteiger partial charge is 0.166 e. The van der Waals surface area contributed by atoms with Gasteiger partial charge in [-0.3, -0.25) is 0 Å². The van der Waals surface area contributed by atoms with Gasteiger partial charge in [-0.1, -0.05) is 253 Å². The van der Waals surface area contributed by atoms with Crippen molar-refractivity contribution in [2.75, 3.05) is 0 Å². The second-order valence-electron chi connectivity index (χ2n) is 36.6. The van der Waals surface area contributed by atoms with E-state index in [4.69, 9.17) is 24.9 Å². The fourth-order valence-corrected chi connectivity index (χ4v) is 13.6. The minimum atomic E-state index is -0.240. The van der Waals surface area contributed by atoms with Gasteiger partial charge in [0.1, 0.15) is 0 Å². The average molecular weight is 1270 g/mol. The van der Waals surface area contributed by atoms with Gasteiger partial charge in [-0.15, -0.1) is 0 Å². The van der Waals surface area contributed by atoms with Crippen LogP contribution in [0.25, 0.3) is 107 Å². The summed E-state index contributed by atoms with van der Waals surface area (Å²) in [5.41, 5.74) is 24.3. The highest BCUT2D eigenvalue weighted by Crippen LogP contribution is 2.52. The van der Waals surface area contributed by atoms with Gasteiger partial charge >= 0.3 is 0 Å². The van der Waals surface area contributed by atoms with Gasteiger partial charge in [0.15, 0.2) is 23.3 Å². The molecule has 0 unspecified atom stereocenters. The predicted molar refractivity (Wildman–Crippen MR) is 410 cm³/mol. The van der Waals surface area contributed by atoms with Crippen molar-refractivity contribution in [1.82, 2.24) is 29.5 Å². The second kappa shape index (κ2) is 22.9. The minimum absolute atomic E-state index is 0.123. The zero-order valence-electron chi connectivity index (χ0n) is 62.7. The molecule has 11 aromatic rings. The van der Waals surface area contributed by atoms with Crippen molar-refractivity contribution in [2.45, 2.75) is 229 Å². The molecule has 0 atom stereocenters. The zero-order valence-corrected chi connectivity index (χ0v) is 62.7. The third-order valence-electron chi connectivity index (χ3n) is 20.2. The van der Waals surface area contributed by atoms with Crippen molar-refractivity contribution < 1.29 is 0 Å². The molecule has 0 fully saturated rings. The lowest BCUT2D eigenvalue weighted by atomic mass is 9.79. The Balaban J connectivity index is 1.24. The molecule has 494 valence electrons. The average Bonchev–Trinajstić information content (AvgIpc) is 1.54. The topological polar surface area (TPSA) is 69.4 Å². The summed E-state index contributed by atoms with van der Waals surface area (Å²) in [5.74, 6) is 2.48. The SMILES string of the molecule is CC(C)(C)c1cc(-c2cc(-c3ccc(-n4c5ccccc5c5cc6c(cc54)C(C)(C)c4ccccc4-6)c(-c4nc(-c5cc(C(C)(C)C)cc(C(C)(C)C)c5)nc(-c5cc(C(C)(C)C)cc(C(C)(C)C)c5)n4)c3)nc(-c3cc(C(C)(C)C)cc(C(C)(C)C)c3)n2)cc(C(C)(C)C)c1. The number of aromatic nitrogens is 6. The first-order chi connectivity index (χ1) is 44.3. The van der Waals surface area contributed by atoms with Gasteiger partial charge in [-0.05, 0) is 195 Å². The molecule has 3 aromatic heterocycles. The molecule has 1 aliphatic rings. The van der Waals surface area contributed by atoms with Crippen LogP contribution in [0, 0.1) is 0 Å². The summed E-state index contributed by atoms with van der Waals surface area (Å²) >= 11 is 0. The van der Waals surface area contributed by atoms with Gasteiger partial charge in [0.25, 0.3) is 0 Å². The number of para-hydroxylation sites is 1. The number of hydrogen-bond acceptors (Lipinski definition) is 5. The Hall–Kier alpha value is -8.35. The Morgan fingerprint density at radius 2 is 0.625 bits per heavy atom. The maximum atomic E-state index is 5.85. The summed E-state index contributed by atoms with van der Waals surface area (Å²) in [6.45, 7) is 60.0. The van der Waals surface area contributed by atoms with Crippen LogP contribution in [0.1, 0.15) is 236 Å². The van der Waals surface area contributed by atoms with E-state index >= 15 is 0 Å². The molecule has 1 aliphatic carbocycles. The summed E-state index contributed by atoms with van der Waals surface area (Å²) in [6.07, 6.45) is 0. The highest BCUT2D eigenvalue weighted by atomic mass is 15.1. The summed E-state index contributed by atoms with van der Waals surface area (Å²) in [7, 11) is 0. The summed E-state index contributed by atoms with van der Waals surface area (Å²) < 4.78 is 2.48. The standard InChI is InChI=1S/C90H104N6/c1-82(2,3)58-37-54(38-59(46-58)83(4,5)6)74-52-73(91-78(92-74)55-39-60(84(7,8)9)47-61(40-55)85(10,11)12)53-35-36-76(96-75-34-30-28-32-67(75)69-50-68-66-31-27-29-33-71(66)90(25,26)72(68)51-77(69)96)70(45-53)81-94-79(56-41-62(86(13,14)15)48-63(42-56)87(16,17)18)93-80(95-81)57-43-64(88(19,20)21)49-65(44-57)89(22,23)24/h27-52H,1-26H3. The summed E-state index contributed by atoms with van der Waals surface area (Å²) in [5, 5.41) is 2.37. The van der Waals surface area contributed by atoms with Gasteiger partial charge in [0, 0.05) is 49.6 Å². The van der Waals surface area contributed by atoms with Crippen LogP contribution in [0.2, 0.25) is 0 Å². The van der Waals surface area contributed by atoms with E-state index in [2.05, 4.69) is 342 Å². The normalized spacial score (nSPS) is 14.0. The Labute approximate surface area is 575 Å². The van der Waals surface area contributed by atoms with Crippen LogP contribution in [0.5, 0.6) is 0 Å². The van der Waals surface area contributed by atoms with Crippen LogP contribution < -0.4 is 0 Å². The molecule has 0 bridgehead atoms. The van der Waals surface area contributed by atoms with E-state index < -0.39 is 0 Å². The van der Waals surface area contributed by atoms with Crippen LogP contribution in [-0.4, -0.2) is 29.5 Å². The van der Waals surface area contributed by atoms with E-state index in [9.17, 15) is 0 Å². The van der Waals surface area contributed by atoms with Crippen molar-refractivity contribution >= 4 is 21.8 Å². The Morgan fingerprint density at radius 1 is 0.260 bits per heavy atom. The molecule has 0 radical (unpaired) electrons. The maximum absolute atomic E-state index is 5.85. The number of nitrogens with zero attached hydrogens (tertiary/aromatic N) is 6. The first-order valence-corrected chi connectivity index (χ1v) is 35.0. The third-order valence-corrected chi connectivity index (χ3v) is 20.2. The first-order valence-electron chi connectivity index (χ1n) is 35.0. The van der Waals surface area contributed by atoms with E-state index in [0.717, 1.165) is 61.5 Å². The number of benzene rings is 8. The van der Waals surface area contributed by atoms with Gasteiger partial charge < -0.3 is 4.57 Å². The molecular formula is C90H104N6. The van der Waals surface area contributed by atoms with Crippen molar-refractivity contribution in [1.29, 1.82) is 0 Å². The van der Waals surface area contributed by atoms with Gasteiger partial charge in [0.2, 0.25) is 0 Å². The lowest BCUT2D eigenvalue weighted by molar-refractivity contribution is 0.568. The second-order valence-corrected chi connectivity index (χ2v) is 36.6. The van der Waals surface area contributed by atoms with Crippen molar-refractivity contribution in [3.63, 3.8) is 0 Å². The van der Waals surface area contributed by atoms with Crippen LogP contribution in [0.4, 0.5) is 0 Å².